The van der Waals surface area contributed by atoms with E-state index >= 15 is 0 Å². The summed E-state index contributed by atoms with van der Waals surface area (Å²) >= 11 is 0. The monoisotopic (exact) mass is 289 g/mol. The van der Waals surface area contributed by atoms with Crippen LogP contribution in [0.2, 0.25) is 0 Å². The van der Waals surface area contributed by atoms with E-state index in [1.165, 1.54) is 13.8 Å². The van der Waals surface area contributed by atoms with Crippen LogP contribution in [0.25, 0.3) is 5.57 Å². The number of Topliss-reactive ketones (excluding diaryl/α,β-unsaturated/α-hetero) is 2. The summed E-state index contributed by atoms with van der Waals surface area (Å²) in [6, 6.07) is 0. The van der Waals surface area contributed by atoms with Gasteiger partial charge in [0.15, 0.2) is 11.6 Å². The lowest BCUT2D eigenvalue weighted by atomic mass is 9.96. The van der Waals surface area contributed by atoms with Crippen molar-refractivity contribution in [3.05, 3.63) is 28.1 Å². The van der Waals surface area contributed by atoms with Crippen molar-refractivity contribution in [2.75, 3.05) is 0 Å². The van der Waals surface area contributed by atoms with E-state index in [9.17, 15) is 14.4 Å². The van der Waals surface area contributed by atoms with E-state index in [-0.39, 0.29) is 18.0 Å². The lowest BCUT2D eigenvalue weighted by molar-refractivity contribution is -0.137. The third-order valence-corrected chi connectivity index (χ3v) is 4.11. The number of hydrogen-bond acceptors (Lipinski definition) is 3. The molecule has 112 valence electrons. The highest BCUT2D eigenvalue weighted by Crippen LogP contribution is 2.37. The number of fused-ring (bicyclic) bond motifs is 1. The van der Waals surface area contributed by atoms with E-state index in [4.69, 9.17) is 5.11 Å². The molecule has 0 spiro atoms. The second kappa shape index (κ2) is 5.31. The number of carbonyl (C=O) groups excluding carboxylic acids is 2. The molecule has 0 saturated carbocycles. The Kier molecular flexibility index (Phi) is 3.85. The highest BCUT2D eigenvalue weighted by Gasteiger charge is 2.30. The van der Waals surface area contributed by atoms with Gasteiger partial charge in [0.2, 0.25) is 0 Å². The van der Waals surface area contributed by atoms with Gasteiger partial charge in [0.1, 0.15) is 0 Å². The molecule has 0 aromatic carbocycles. The molecule has 0 fully saturated rings. The summed E-state index contributed by atoms with van der Waals surface area (Å²) in [7, 11) is 0. The number of hydrogen-bond donors (Lipinski definition) is 1. The average Bonchev–Trinajstić information content (AvgIpc) is 2.83. The molecule has 0 unspecified atom stereocenters. The van der Waals surface area contributed by atoms with Crippen LogP contribution in [0.1, 0.15) is 54.5 Å². The molecule has 1 aromatic rings. The van der Waals surface area contributed by atoms with Crippen molar-refractivity contribution < 1.29 is 19.5 Å². The summed E-state index contributed by atoms with van der Waals surface area (Å²) in [6.45, 7) is 7.20. The fourth-order valence-corrected chi connectivity index (χ4v) is 3.17. The Bertz CT molecular complexity index is 692. The molecule has 1 aromatic heterocycles. The Hall–Kier alpha value is -2.17. The normalized spacial score (nSPS) is 13.5. The Morgan fingerprint density at radius 2 is 1.76 bits per heavy atom. The molecule has 0 atom stereocenters. The third kappa shape index (κ3) is 2.44. The van der Waals surface area contributed by atoms with Gasteiger partial charge in [-0.1, -0.05) is 0 Å². The first kappa shape index (κ1) is 15.2. The van der Waals surface area contributed by atoms with Crippen LogP contribution in [0.15, 0.2) is 5.57 Å². The van der Waals surface area contributed by atoms with Crippen LogP contribution < -0.4 is 0 Å². The van der Waals surface area contributed by atoms with Crippen LogP contribution >= 0.6 is 0 Å². The van der Waals surface area contributed by atoms with Crippen molar-refractivity contribution in [2.24, 2.45) is 0 Å². The minimum atomic E-state index is -0.895. The molecule has 1 N–H and O–H groups in total. The maximum atomic E-state index is 11.9. The fourth-order valence-electron chi connectivity index (χ4n) is 3.17. The number of allylic oxidation sites excluding steroid dienone is 2. The molecule has 0 radical (unpaired) electrons. The smallest absolute Gasteiger partial charge is 0.303 e. The molecule has 5 nitrogen and oxygen atoms in total. The van der Waals surface area contributed by atoms with Crippen LogP contribution in [0.3, 0.4) is 0 Å². The second-order valence-electron chi connectivity index (χ2n) is 5.48. The average molecular weight is 289 g/mol. The van der Waals surface area contributed by atoms with Crippen molar-refractivity contribution in [2.45, 2.75) is 47.1 Å². The summed E-state index contributed by atoms with van der Waals surface area (Å²) in [5.74, 6) is -0.940. The van der Waals surface area contributed by atoms with E-state index in [0.29, 0.717) is 18.5 Å². The number of ketones is 2. The highest BCUT2D eigenvalue weighted by atomic mass is 16.4. The molecule has 0 amide bonds. The molecule has 0 saturated heterocycles. The molecule has 0 bridgehead atoms. The third-order valence-electron chi connectivity index (χ3n) is 4.11. The van der Waals surface area contributed by atoms with E-state index in [1.807, 2.05) is 18.4 Å². The Morgan fingerprint density at radius 1 is 1.14 bits per heavy atom. The lowest BCUT2D eigenvalue weighted by Crippen LogP contribution is -2.06. The van der Waals surface area contributed by atoms with Crippen molar-refractivity contribution in [3.63, 3.8) is 0 Å². The Balaban J connectivity index is 2.62. The summed E-state index contributed by atoms with van der Waals surface area (Å²) in [5.41, 5.74) is 4.63. The SMILES string of the molecule is CC(=O)C1=C(C)c2c(CCC(=O)O)c(C(C)=O)c(C)n2C1. The number of nitrogens with zero attached hydrogens (tertiary/aromatic N) is 1. The number of carboxylic acid groups (broad SMARTS) is 1. The first-order chi connectivity index (χ1) is 9.75. The Labute approximate surface area is 123 Å². The topological polar surface area (TPSA) is 76.4 Å². The molecule has 21 heavy (non-hydrogen) atoms. The lowest BCUT2D eigenvalue weighted by Gasteiger charge is -2.05. The van der Waals surface area contributed by atoms with Crippen LogP contribution in [-0.2, 0) is 22.6 Å². The van der Waals surface area contributed by atoms with Gasteiger partial charge >= 0.3 is 5.97 Å². The summed E-state index contributed by atoms with van der Waals surface area (Å²) in [6.07, 6.45) is 0.273. The zero-order chi connectivity index (χ0) is 15.9. The number of carbonyl (C=O) groups is 3. The standard InChI is InChI=1S/C16H19NO4/c1-8-13(10(3)18)7-17-9(2)15(11(4)19)12(16(8)17)5-6-14(20)21/h5-7H2,1-4H3,(H,20,21). The van der Waals surface area contributed by atoms with Gasteiger partial charge in [-0.2, -0.15) is 0 Å². The van der Waals surface area contributed by atoms with Gasteiger partial charge in [0.05, 0.1) is 6.54 Å². The zero-order valence-corrected chi connectivity index (χ0v) is 12.7. The van der Waals surface area contributed by atoms with Crippen LogP contribution in [0.4, 0.5) is 0 Å². The predicted molar refractivity (Wildman–Crippen MR) is 78.4 cm³/mol. The first-order valence-electron chi connectivity index (χ1n) is 6.91. The molecule has 2 rings (SSSR count). The van der Waals surface area contributed by atoms with Gasteiger partial charge in [0.25, 0.3) is 0 Å². The van der Waals surface area contributed by atoms with Gasteiger partial charge in [-0.05, 0) is 45.3 Å². The van der Waals surface area contributed by atoms with E-state index in [0.717, 1.165) is 28.1 Å². The van der Waals surface area contributed by atoms with E-state index in [2.05, 4.69) is 0 Å². The quantitative estimate of drug-likeness (QED) is 0.844. The maximum Gasteiger partial charge on any atom is 0.303 e. The molecule has 1 aliphatic heterocycles. The zero-order valence-electron chi connectivity index (χ0n) is 12.7. The van der Waals surface area contributed by atoms with Crippen LogP contribution in [0, 0.1) is 6.92 Å². The predicted octanol–water partition coefficient (Wildman–Crippen LogP) is 2.39. The van der Waals surface area contributed by atoms with Crippen molar-refractivity contribution in [3.8, 4) is 0 Å². The maximum absolute atomic E-state index is 11.9. The van der Waals surface area contributed by atoms with Crippen molar-refractivity contribution in [1.82, 2.24) is 4.57 Å². The Morgan fingerprint density at radius 3 is 2.24 bits per heavy atom. The fraction of sp³-hybridized carbons (Fsp3) is 0.438. The summed E-state index contributed by atoms with van der Waals surface area (Å²) < 4.78 is 1.96. The van der Waals surface area contributed by atoms with E-state index in [1.54, 1.807) is 0 Å². The number of aliphatic carboxylic acids is 1. The molecule has 1 aliphatic rings. The summed E-state index contributed by atoms with van der Waals surface area (Å²) in [5, 5.41) is 8.91. The minimum Gasteiger partial charge on any atom is -0.481 e. The molecule has 5 heteroatoms. The van der Waals surface area contributed by atoms with Crippen molar-refractivity contribution in [1.29, 1.82) is 0 Å². The van der Waals surface area contributed by atoms with Crippen LogP contribution in [-0.4, -0.2) is 27.2 Å². The van der Waals surface area contributed by atoms with Crippen molar-refractivity contribution >= 4 is 23.1 Å². The molecular weight excluding hydrogens is 270 g/mol. The summed E-state index contributed by atoms with van der Waals surface area (Å²) in [4.78, 5) is 34.5. The largest absolute Gasteiger partial charge is 0.481 e. The molecule has 2 heterocycles. The number of carboxylic acids is 1. The molecule has 0 aliphatic carbocycles. The van der Waals surface area contributed by atoms with Gasteiger partial charge in [0, 0.05) is 28.9 Å². The number of aromatic nitrogens is 1. The van der Waals surface area contributed by atoms with Gasteiger partial charge < -0.3 is 9.67 Å². The number of rotatable bonds is 5. The van der Waals surface area contributed by atoms with Gasteiger partial charge in [-0.3, -0.25) is 14.4 Å². The minimum absolute atomic E-state index is 0.0177. The van der Waals surface area contributed by atoms with Gasteiger partial charge in [-0.25, -0.2) is 0 Å². The molecular formula is C16H19NO4. The first-order valence-corrected chi connectivity index (χ1v) is 6.91. The van der Waals surface area contributed by atoms with Gasteiger partial charge in [-0.15, -0.1) is 0 Å². The van der Waals surface area contributed by atoms with Crippen LogP contribution in [0.5, 0.6) is 0 Å². The highest BCUT2D eigenvalue weighted by molar-refractivity contribution is 6.04. The van der Waals surface area contributed by atoms with E-state index < -0.39 is 5.97 Å². The second-order valence-corrected chi connectivity index (χ2v) is 5.48.